The number of nitrogens with zero attached hydrogens (tertiary/aromatic N) is 2. The van der Waals surface area contributed by atoms with E-state index in [2.05, 4.69) is 5.32 Å². The number of likely N-dealkylation sites (N-methyl/N-ethyl adjacent to an activating group) is 1. The molecule has 180 valence electrons. The smallest absolute Gasteiger partial charge is 0.244 e. The van der Waals surface area contributed by atoms with Gasteiger partial charge in [0.15, 0.2) is 0 Å². The number of halogens is 2. The van der Waals surface area contributed by atoms with E-state index >= 15 is 0 Å². The van der Waals surface area contributed by atoms with Gasteiger partial charge >= 0.3 is 0 Å². The zero-order valence-corrected chi connectivity index (χ0v) is 21.2. The first-order chi connectivity index (χ1) is 15.5. The molecule has 2 amide bonds. The molecular formula is C22H27Cl2N3O5S. The number of methoxy groups -OCH3 is 1. The highest BCUT2D eigenvalue weighted by molar-refractivity contribution is 7.92. The average Bonchev–Trinajstić information content (AvgIpc) is 2.74. The van der Waals surface area contributed by atoms with Crippen LogP contribution in [0.1, 0.15) is 19.4 Å². The molecule has 0 aromatic heterocycles. The Morgan fingerprint density at radius 1 is 1.12 bits per heavy atom. The molecule has 0 bridgehead atoms. The Morgan fingerprint density at radius 2 is 1.76 bits per heavy atom. The van der Waals surface area contributed by atoms with Crippen molar-refractivity contribution in [1.29, 1.82) is 0 Å². The van der Waals surface area contributed by atoms with Crippen LogP contribution in [0, 0.1) is 0 Å². The van der Waals surface area contributed by atoms with Crippen molar-refractivity contribution in [1.82, 2.24) is 10.2 Å². The van der Waals surface area contributed by atoms with E-state index in [0.717, 1.165) is 16.1 Å². The van der Waals surface area contributed by atoms with Gasteiger partial charge < -0.3 is 15.0 Å². The van der Waals surface area contributed by atoms with Gasteiger partial charge in [0, 0.05) is 23.1 Å². The second-order valence-corrected chi connectivity index (χ2v) is 10.1. The molecule has 0 heterocycles. The second-order valence-electron chi connectivity index (χ2n) is 7.34. The molecular weight excluding hydrogens is 489 g/mol. The minimum Gasteiger partial charge on any atom is -0.497 e. The second kappa shape index (κ2) is 11.6. The zero-order valence-electron chi connectivity index (χ0n) is 18.8. The van der Waals surface area contributed by atoms with Crippen molar-refractivity contribution in [2.45, 2.75) is 26.4 Å². The van der Waals surface area contributed by atoms with Gasteiger partial charge in [0.05, 0.1) is 19.1 Å². The van der Waals surface area contributed by atoms with Gasteiger partial charge in [0.2, 0.25) is 21.8 Å². The number of hydrogen-bond acceptors (Lipinski definition) is 5. The maximum absolute atomic E-state index is 13.4. The third kappa shape index (κ3) is 7.52. The first-order valence-electron chi connectivity index (χ1n) is 10.1. The fraction of sp³-hybridized carbons (Fsp3) is 0.364. The summed E-state index contributed by atoms with van der Waals surface area (Å²) in [7, 11) is -2.34. The third-order valence-electron chi connectivity index (χ3n) is 4.82. The van der Waals surface area contributed by atoms with Crippen LogP contribution in [0.3, 0.4) is 0 Å². The lowest BCUT2D eigenvalue weighted by Crippen LogP contribution is -2.51. The van der Waals surface area contributed by atoms with E-state index < -0.39 is 28.5 Å². The zero-order chi connectivity index (χ0) is 24.8. The van der Waals surface area contributed by atoms with Gasteiger partial charge in [-0.15, -0.1) is 0 Å². The minimum atomic E-state index is -3.87. The molecule has 0 fully saturated rings. The van der Waals surface area contributed by atoms with Crippen molar-refractivity contribution >= 4 is 50.7 Å². The number of amides is 2. The predicted molar refractivity (Wildman–Crippen MR) is 130 cm³/mol. The van der Waals surface area contributed by atoms with Crippen LogP contribution in [0.5, 0.6) is 5.75 Å². The molecule has 0 saturated carbocycles. The predicted octanol–water partition coefficient (Wildman–Crippen LogP) is 3.32. The van der Waals surface area contributed by atoms with Crippen LogP contribution in [-0.4, -0.2) is 57.6 Å². The molecule has 2 aromatic rings. The van der Waals surface area contributed by atoms with Crippen molar-refractivity contribution < 1.29 is 22.7 Å². The van der Waals surface area contributed by atoms with Crippen LogP contribution >= 0.6 is 23.2 Å². The molecule has 11 heteroatoms. The molecule has 0 aliphatic heterocycles. The quantitative estimate of drug-likeness (QED) is 0.523. The Hall–Kier alpha value is -2.49. The fourth-order valence-corrected chi connectivity index (χ4v) is 4.52. The minimum absolute atomic E-state index is 0.0717. The van der Waals surface area contributed by atoms with E-state index in [1.807, 2.05) is 0 Å². The van der Waals surface area contributed by atoms with E-state index in [9.17, 15) is 18.0 Å². The number of rotatable bonds is 10. The number of nitrogens with one attached hydrogen (secondary N) is 1. The summed E-state index contributed by atoms with van der Waals surface area (Å²) in [5.74, 6) is -0.333. The molecule has 33 heavy (non-hydrogen) atoms. The first kappa shape index (κ1) is 26.8. The highest BCUT2D eigenvalue weighted by atomic mass is 35.5. The van der Waals surface area contributed by atoms with E-state index in [1.54, 1.807) is 38.1 Å². The number of carbonyl (C=O) groups excluding carboxylic acids is 2. The highest BCUT2D eigenvalue weighted by Crippen LogP contribution is 2.27. The molecule has 1 atom stereocenters. The largest absolute Gasteiger partial charge is 0.497 e. The van der Waals surface area contributed by atoms with Crippen molar-refractivity contribution in [2.24, 2.45) is 0 Å². The Labute approximate surface area is 204 Å². The summed E-state index contributed by atoms with van der Waals surface area (Å²) < 4.78 is 31.2. The lowest BCUT2D eigenvalue weighted by Gasteiger charge is -2.31. The lowest BCUT2D eigenvalue weighted by atomic mass is 10.1. The lowest BCUT2D eigenvalue weighted by molar-refractivity contribution is -0.139. The fourth-order valence-electron chi connectivity index (χ4n) is 3.17. The van der Waals surface area contributed by atoms with Crippen LogP contribution in [0.25, 0.3) is 0 Å². The van der Waals surface area contributed by atoms with Crippen molar-refractivity contribution in [3.05, 3.63) is 58.1 Å². The molecule has 8 nitrogen and oxygen atoms in total. The van der Waals surface area contributed by atoms with Crippen LogP contribution < -0.4 is 14.4 Å². The number of anilines is 1. The van der Waals surface area contributed by atoms with Gasteiger partial charge in [-0.2, -0.15) is 0 Å². The summed E-state index contributed by atoms with van der Waals surface area (Å²) in [6, 6.07) is 10.5. The number of carbonyl (C=O) groups is 2. The van der Waals surface area contributed by atoms with Crippen LogP contribution in [-0.2, 0) is 26.2 Å². The van der Waals surface area contributed by atoms with Crippen molar-refractivity contribution in [3.63, 3.8) is 0 Å². The third-order valence-corrected chi connectivity index (χ3v) is 6.40. The summed E-state index contributed by atoms with van der Waals surface area (Å²) in [5, 5.41) is 3.14. The summed E-state index contributed by atoms with van der Waals surface area (Å²) in [4.78, 5) is 27.3. The number of sulfonamides is 1. The average molecular weight is 516 g/mol. The molecule has 1 N–H and O–H groups in total. The summed E-state index contributed by atoms with van der Waals surface area (Å²) in [6.07, 6.45) is 0.981. The standard InChI is InChI=1S/C22H27Cl2N3O5S/c1-5-25-22(29)15(2)26(13-16-7-6-8-20(9-16)32-3)21(28)14-27(33(4,30)31)19-11-17(23)10-18(24)12-19/h6-12,15H,5,13-14H2,1-4H3,(H,25,29)/t15-/m0/s1. The normalized spacial score (nSPS) is 12.1. The van der Waals surface area contributed by atoms with E-state index in [-0.39, 0.29) is 28.2 Å². The first-order valence-corrected chi connectivity index (χ1v) is 12.7. The Balaban J connectivity index is 2.42. The molecule has 0 unspecified atom stereocenters. The van der Waals surface area contributed by atoms with E-state index in [1.165, 1.54) is 30.2 Å². The Morgan fingerprint density at radius 3 is 2.30 bits per heavy atom. The molecule has 0 spiro atoms. The summed E-state index contributed by atoms with van der Waals surface area (Å²) in [6.45, 7) is 3.28. The molecule has 0 aliphatic carbocycles. The highest BCUT2D eigenvalue weighted by Gasteiger charge is 2.30. The van der Waals surface area contributed by atoms with Gasteiger partial charge in [0.25, 0.3) is 0 Å². The topological polar surface area (TPSA) is 96.0 Å². The molecule has 0 saturated heterocycles. The molecule has 2 aromatic carbocycles. The van der Waals surface area contributed by atoms with E-state index in [0.29, 0.717) is 12.3 Å². The monoisotopic (exact) mass is 515 g/mol. The Kier molecular flexibility index (Phi) is 9.39. The number of benzene rings is 2. The van der Waals surface area contributed by atoms with Crippen molar-refractivity contribution in [3.8, 4) is 5.75 Å². The van der Waals surface area contributed by atoms with Crippen LogP contribution in [0.15, 0.2) is 42.5 Å². The van der Waals surface area contributed by atoms with Crippen LogP contribution in [0.2, 0.25) is 10.0 Å². The summed E-state index contributed by atoms with van der Waals surface area (Å²) >= 11 is 12.1. The summed E-state index contributed by atoms with van der Waals surface area (Å²) in [5.41, 5.74) is 0.867. The van der Waals surface area contributed by atoms with Gasteiger partial charge in [0.1, 0.15) is 18.3 Å². The SMILES string of the molecule is CCNC(=O)[C@H](C)N(Cc1cccc(OC)c1)C(=O)CN(c1cc(Cl)cc(Cl)c1)S(C)(=O)=O. The van der Waals surface area contributed by atoms with E-state index in [4.69, 9.17) is 27.9 Å². The maximum atomic E-state index is 13.4. The van der Waals surface area contributed by atoms with Gasteiger partial charge in [-0.05, 0) is 49.7 Å². The molecule has 0 aliphatic rings. The van der Waals surface area contributed by atoms with Crippen LogP contribution in [0.4, 0.5) is 5.69 Å². The number of ether oxygens (including phenoxy) is 1. The number of hydrogen-bond donors (Lipinski definition) is 1. The Bertz CT molecular complexity index is 1090. The van der Waals surface area contributed by atoms with Gasteiger partial charge in [-0.3, -0.25) is 13.9 Å². The maximum Gasteiger partial charge on any atom is 0.244 e. The van der Waals surface area contributed by atoms with Crippen molar-refractivity contribution in [2.75, 3.05) is 30.8 Å². The molecule has 2 rings (SSSR count). The van der Waals surface area contributed by atoms with Gasteiger partial charge in [-0.1, -0.05) is 35.3 Å². The van der Waals surface area contributed by atoms with Gasteiger partial charge in [-0.25, -0.2) is 8.42 Å². The molecule has 0 radical (unpaired) electrons.